The number of rotatable bonds is 2. The molecule has 0 unspecified atom stereocenters. The van der Waals surface area contributed by atoms with Gasteiger partial charge in [0.25, 0.3) is 0 Å². The summed E-state index contributed by atoms with van der Waals surface area (Å²) >= 11 is 3.47. The highest BCUT2D eigenvalue weighted by molar-refractivity contribution is 9.09. The molecule has 13 heavy (non-hydrogen) atoms. The highest BCUT2D eigenvalue weighted by Gasteiger charge is 2.01. The van der Waals surface area contributed by atoms with Crippen molar-refractivity contribution in [3.05, 3.63) is 36.0 Å². The lowest BCUT2D eigenvalue weighted by Crippen LogP contribution is -1.88. The first kappa shape index (κ1) is 8.82. The molecular formula is C11H12BrN. The maximum atomic E-state index is 3.47. The van der Waals surface area contributed by atoms with E-state index in [0.29, 0.717) is 0 Å². The van der Waals surface area contributed by atoms with Gasteiger partial charge in [0.1, 0.15) is 0 Å². The van der Waals surface area contributed by atoms with E-state index in [0.717, 1.165) is 11.8 Å². The number of halogens is 1. The number of hydrogen-bond donors (Lipinski definition) is 0. The van der Waals surface area contributed by atoms with Crippen molar-refractivity contribution in [3.63, 3.8) is 0 Å². The maximum absolute atomic E-state index is 3.47. The van der Waals surface area contributed by atoms with E-state index in [9.17, 15) is 0 Å². The molecule has 1 nitrogen and oxygen atoms in total. The number of hydrogen-bond acceptors (Lipinski definition) is 0. The molecule has 2 rings (SSSR count). The summed E-state index contributed by atoms with van der Waals surface area (Å²) in [7, 11) is 2.08. The first-order valence-electron chi connectivity index (χ1n) is 4.42. The minimum Gasteiger partial charge on any atom is -0.351 e. The average Bonchev–Trinajstić information content (AvgIpc) is 2.50. The summed E-state index contributed by atoms with van der Waals surface area (Å²) in [6.07, 6.45) is 3.21. The molecule has 1 aromatic carbocycles. The Bertz CT molecular complexity index is 417. The molecule has 0 atom stereocenters. The van der Waals surface area contributed by atoms with Gasteiger partial charge in [-0.2, -0.15) is 0 Å². The summed E-state index contributed by atoms with van der Waals surface area (Å²) in [4.78, 5) is 0. The Morgan fingerprint density at radius 1 is 1.31 bits per heavy atom. The number of benzene rings is 1. The lowest BCUT2D eigenvalue weighted by atomic mass is 10.1. The van der Waals surface area contributed by atoms with Crippen LogP contribution in [0.15, 0.2) is 30.5 Å². The van der Waals surface area contributed by atoms with Crippen molar-refractivity contribution in [2.45, 2.75) is 6.42 Å². The van der Waals surface area contributed by atoms with E-state index < -0.39 is 0 Å². The van der Waals surface area contributed by atoms with Gasteiger partial charge in [0, 0.05) is 29.5 Å². The van der Waals surface area contributed by atoms with Crippen molar-refractivity contribution in [3.8, 4) is 0 Å². The highest BCUT2D eigenvalue weighted by atomic mass is 79.9. The molecular weight excluding hydrogens is 226 g/mol. The smallest absolute Gasteiger partial charge is 0.0480 e. The zero-order valence-electron chi connectivity index (χ0n) is 7.63. The van der Waals surface area contributed by atoms with Gasteiger partial charge in [-0.15, -0.1) is 0 Å². The Hall–Kier alpha value is -0.760. The predicted molar refractivity (Wildman–Crippen MR) is 60.4 cm³/mol. The van der Waals surface area contributed by atoms with Gasteiger partial charge in [-0.05, 0) is 24.1 Å². The largest absolute Gasteiger partial charge is 0.351 e. The standard InChI is InChI=1S/C11H12BrN/c1-13-8-6-10-9(5-7-12)3-2-4-11(10)13/h2-4,6,8H,5,7H2,1H3. The minimum atomic E-state index is 1.03. The van der Waals surface area contributed by atoms with E-state index in [1.165, 1.54) is 16.5 Å². The Morgan fingerprint density at radius 2 is 2.15 bits per heavy atom. The summed E-state index contributed by atoms with van der Waals surface area (Å²) in [6, 6.07) is 8.67. The zero-order valence-corrected chi connectivity index (χ0v) is 9.21. The van der Waals surface area contributed by atoms with Crippen LogP contribution in [-0.2, 0) is 13.5 Å². The zero-order chi connectivity index (χ0) is 9.26. The normalized spacial score (nSPS) is 10.9. The second-order valence-electron chi connectivity index (χ2n) is 3.22. The molecule has 0 spiro atoms. The summed E-state index contributed by atoms with van der Waals surface area (Å²) in [6.45, 7) is 0. The van der Waals surface area contributed by atoms with Crippen LogP contribution in [0, 0.1) is 0 Å². The molecule has 0 aliphatic rings. The molecule has 0 saturated carbocycles. The van der Waals surface area contributed by atoms with Crippen LogP contribution in [-0.4, -0.2) is 9.90 Å². The average molecular weight is 238 g/mol. The number of aryl methyl sites for hydroxylation is 2. The summed E-state index contributed by atoms with van der Waals surface area (Å²) in [5.41, 5.74) is 2.74. The van der Waals surface area contributed by atoms with E-state index in [1.807, 2.05) is 0 Å². The van der Waals surface area contributed by atoms with Crippen LogP contribution in [0.4, 0.5) is 0 Å². The van der Waals surface area contributed by atoms with Gasteiger partial charge in [0.2, 0.25) is 0 Å². The van der Waals surface area contributed by atoms with Crippen LogP contribution in [0.3, 0.4) is 0 Å². The Balaban J connectivity index is 2.63. The van der Waals surface area contributed by atoms with Gasteiger partial charge in [0.05, 0.1) is 0 Å². The number of fused-ring (bicyclic) bond motifs is 1. The van der Waals surface area contributed by atoms with Crippen molar-refractivity contribution in [2.75, 3.05) is 5.33 Å². The van der Waals surface area contributed by atoms with Gasteiger partial charge >= 0.3 is 0 Å². The van der Waals surface area contributed by atoms with Crippen molar-refractivity contribution < 1.29 is 0 Å². The van der Waals surface area contributed by atoms with Crippen LogP contribution in [0.1, 0.15) is 5.56 Å². The molecule has 0 radical (unpaired) electrons. The topological polar surface area (TPSA) is 4.93 Å². The molecule has 2 aromatic rings. The highest BCUT2D eigenvalue weighted by Crippen LogP contribution is 2.20. The second kappa shape index (κ2) is 3.54. The number of alkyl halides is 1. The molecule has 0 aliphatic heterocycles. The van der Waals surface area contributed by atoms with E-state index in [1.54, 1.807) is 0 Å². The first-order valence-corrected chi connectivity index (χ1v) is 5.54. The van der Waals surface area contributed by atoms with Crippen LogP contribution < -0.4 is 0 Å². The maximum Gasteiger partial charge on any atom is 0.0480 e. The summed E-state index contributed by atoms with van der Waals surface area (Å²) in [5.74, 6) is 0. The molecule has 0 bridgehead atoms. The van der Waals surface area contributed by atoms with Gasteiger partial charge in [-0.1, -0.05) is 28.1 Å². The van der Waals surface area contributed by atoms with Crippen molar-refractivity contribution in [2.24, 2.45) is 7.05 Å². The van der Waals surface area contributed by atoms with Gasteiger partial charge in [-0.3, -0.25) is 0 Å². The second-order valence-corrected chi connectivity index (χ2v) is 4.01. The number of nitrogens with zero attached hydrogens (tertiary/aromatic N) is 1. The van der Waals surface area contributed by atoms with Crippen LogP contribution in [0.5, 0.6) is 0 Å². The van der Waals surface area contributed by atoms with Gasteiger partial charge in [0.15, 0.2) is 0 Å². The molecule has 1 heterocycles. The molecule has 0 saturated heterocycles. The van der Waals surface area contributed by atoms with Crippen molar-refractivity contribution in [1.29, 1.82) is 0 Å². The quantitative estimate of drug-likeness (QED) is 0.708. The van der Waals surface area contributed by atoms with Gasteiger partial charge in [-0.25, -0.2) is 0 Å². The Morgan fingerprint density at radius 3 is 2.92 bits per heavy atom. The third-order valence-electron chi connectivity index (χ3n) is 2.38. The molecule has 68 valence electrons. The minimum absolute atomic E-state index is 1.03. The van der Waals surface area contributed by atoms with Crippen molar-refractivity contribution >= 4 is 26.8 Å². The molecule has 0 N–H and O–H groups in total. The van der Waals surface area contributed by atoms with E-state index in [4.69, 9.17) is 0 Å². The molecule has 0 aliphatic carbocycles. The first-order chi connectivity index (χ1) is 6.33. The monoisotopic (exact) mass is 237 g/mol. The fourth-order valence-corrected chi connectivity index (χ4v) is 2.11. The lowest BCUT2D eigenvalue weighted by molar-refractivity contribution is 0.969. The SMILES string of the molecule is Cn1ccc2c(CCBr)cccc21. The molecule has 2 heteroatoms. The molecule has 1 aromatic heterocycles. The van der Waals surface area contributed by atoms with Crippen LogP contribution in [0.2, 0.25) is 0 Å². The summed E-state index contributed by atoms with van der Waals surface area (Å²) in [5, 5.41) is 2.41. The number of aromatic nitrogens is 1. The predicted octanol–water partition coefficient (Wildman–Crippen LogP) is 3.12. The third-order valence-corrected chi connectivity index (χ3v) is 2.78. The molecule has 0 fully saturated rings. The van der Waals surface area contributed by atoms with E-state index in [-0.39, 0.29) is 0 Å². The summed E-state index contributed by atoms with van der Waals surface area (Å²) < 4.78 is 2.16. The fraction of sp³-hybridized carbons (Fsp3) is 0.273. The van der Waals surface area contributed by atoms with Crippen molar-refractivity contribution in [1.82, 2.24) is 4.57 Å². The van der Waals surface area contributed by atoms with Crippen LogP contribution in [0.25, 0.3) is 10.9 Å². The van der Waals surface area contributed by atoms with Crippen LogP contribution >= 0.6 is 15.9 Å². The fourth-order valence-electron chi connectivity index (χ4n) is 1.69. The third kappa shape index (κ3) is 1.51. The van der Waals surface area contributed by atoms with E-state index >= 15 is 0 Å². The Labute approximate surface area is 86.5 Å². The molecule has 0 amide bonds. The van der Waals surface area contributed by atoms with E-state index in [2.05, 4.69) is 58.0 Å². The lowest BCUT2D eigenvalue weighted by Gasteiger charge is -2.01. The Kier molecular flexibility index (Phi) is 2.40. The van der Waals surface area contributed by atoms with Gasteiger partial charge < -0.3 is 4.57 Å².